The number of pyridine rings is 1. The molecule has 3 nitrogen and oxygen atoms in total. The largest absolute Gasteiger partial charge is 0.261 e. The number of aryl methyl sites for hydroxylation is 3. The van der Waals surface area contributed by atoms with Crippen LogP contribution in [0.3, 0.4) is 0 Å². The Labute approximate surface area is 90.2 Å². The van der Waals surface area contributed by atoms with Crippen LogP contribution in [0.15, 0.2) is 36.8 Å². The van der Waals surface area contributed by atoms with Crippen molar-refractivity contribution < 1.29 is 0 Å². The fourth-order valence-electron chi connectivity index (χ4n) is 0.915. The molecule has 0 aliphatic carbocycles. The lowest BCUT2D eigenvalue weighted by Gasteiger charge is -1.89. The van der Waals surface area contributed by atoms with Crippen molar-refractivity contribution in [3.63, 3.8) is 0 Å². The minimum Gasteiger partial charge on any atom is -0.261 e. The van der Waals surface area contributed by atoms with Crippen LogP contribution < -0.4 is 0 Å². The van der Waals surface area contributed by atoms with Gasteiger partial charge in [0.25, 0.3) is 0 Å². The van der Waals surface area contributed by atoms with Crippen molar-refractivity contribution in [3.05, 3.63) is 53.9 Å². The highest BCUT2D eigenvalue weighted by Gasteiger charge is 1.81. The van der Waals surface area contributed by atoms with E-state index < -0.39 is 0 Å². The summed E-state index contributed by atoms with van der Waals surface area (Å²) >= 11 is 0. The molecule has 0 bridgehead atoms. The van der Waals surface area contributed by atoms with E-state index in [2.05, 4.69) is 21.0 Å². The maximum absolute atomic E-state index is 4.08. The predicted octanol–water partition coefficient (Wildman–Crippen LogP) is 2.48. The molecular weight excluding hydrogens is 186 g/mol. The Bertz CT molecular complexity index is 360. The van der Waals surface area contributed by atoms with Gasteiger partial charge in [0, 0.05) is 24.3 Å². The van der Waals surface area contributed by atoms with Crippen molar-refractivity contribution in [2.24, 2.45) is 0 Å². The molecule has 0 fully saturated rings. The van der Waals surface area contributed by atoms with E-state index in [0.29, 0.717) is 0 Å². The first kappa shape index (κ1) is 11.3. The zero-order valence-electron chi connectivity index (χ0n) is 9.31. The SMILES string of the molecule is Cc1ccc(C)nc1.Cc1ncccn1. The van der Waals surface area contributed by atoms with E-state index >= 15 is 0 Å². The molecule has 0 unspecified atom stereocenters. The first-order chi connectivity index (χ1) is 7.18. The summed E-state index contributed by atoms with van der Waals surface area (Å²) in [6.07, 6.45) is 5.32. The van der Waals surface area contributed by atoms with Gasteiger partial charge >= 0.3 is 0 Å². The molecule has 0 saturated carbocycles. The van der Waals surface area contributed by atoms with Gasteiger partial charge in [-0.2, -0.15) is 0 Å². The summed E-state index contributed by atoms with van der Waals surface area (Å²) in [7, 11) is 0. The van der Waals surface area contributed by atoms with E-state index in [0.717, 1.165) is 11.5 Å². The van der Waals surface area contributed by atoms with Crippen LogP contribution in [0.2, 0.25) is 0 Å². The summed E-state index contributed by atoms with van der Waals surface area (Å²) in [6.45, 7) is 5.88. The molecule has 0 radical (unpaired) electrons. The molecule has 0 spiro atoms. The molecule has 0 saturated heterocycles. The topological polar surface area (TPSA) is 38.7 Å². The smallest absolute Gasteiger partial charge is 0.125 e. The van der Waals surface area contributed by atoms with Crippen LogP contribution in [0.1, 0.15) is 17.1 Å². The molecular formula is C12H15N3. The van der Waals surface area contributed by atoms with Crippen LogP contribution in [0, 0.1) is 20.8 Å². The van der Waals surface area contributed by atoms with E-state index in [1.165, 1.54) is 5.56 Å². The van der Waals surface area contributed by atoms with Gasteiger partial charge in [0.15, 0.2) is 0 Å². The third-order valence-corrected chi connectivity index (χ3v) is 1.75. The average Bonchev–Trinajstić information content (AvgIpc) is 2.25. The van der Waals surface area contributed by atoms with Gasteiger partial charge in [-0.1, -0.05) is 6.07 Å². The normalized spacial score (nSPS) is 9.00. The van der Waals surface area contributed by atoms with Crippen molar-refractivity contribution in [2.75, 3.05) is 0 Å². The summed E-state index contributed by atoms with van der Waals surface area (Å²) in [5.74, 6) is 0.822. The Balaban J connectivity index is 0.000000151. The molecule has 0 amide bonds. The second-order valence-corrected chi connectivity index (χ2v) is 3.27. The maximum Gasteiger partial charge on any atom is 0.125 e. The van der Waals surface area contributed by atoms with Crippen molar-refractivity contribution in [3.8, 4) is 0 Å². The second kappa shape index (κ2) is 5.86. The van der Waals surface area contributed by atoms with E-state index in [1.807, 2.05) is 33.0 Å². The molecule has 2 aromatic heterocycles. The summed E-state index contributed by atoms with van der Waals surface area (Å²) in [6, 6.07) is 5.87. The zero-order chi connectivity index (χ0) is 11.1. The number of nitrogens with zero attached hydrogens (tertiary/aromatic N) is 3. The minimum absolute atomic E-state index is 0.822. The number of hydrogen-bond donors (Lipinski definition) is 0. The number of rotatable bonds is 0. The molecule has 2 rings (SSSR count). The molecule has 15 heavy (non-hydrogen) atoms. The van der Waals surface area contributed by atoms with Crippen LogP contribution in [-0.4, -0.2) is 15.0 Å². The van der Waals surface area contributed by atoms with E-state index in [1.54, 1.807) is 18.5 Å². The Morgan fingerprint density at radius 2 is 1.53 bits per heavy atom. The van der Waals surface area contributed by atoms with Gasteiger partial charge in [-0.15, -0.1) is 0 Å². The van der Waals surface area contributed by atoms with Gasteiger partial charge in [0.05, 0.1) is 0 Å². The van der Waals surface area contributed by atoms with Gasteiger partial charge in [-0.25, -0.2) is 9.97 Å². The Hall–Kier alpha value is -1.77. The van der Waals surface area contributed by atoms with E-state index in [-0.39, 0.29) is 0 Å². The maximum atomic E-state index is 4.08. The lowest BCUT2D eigenvalue weighted by Crippen LogP contribution is -1.80. The first-order valence-electron chi connectivity index (χ1n) is 4.81. The van der Waals surface area contributed by atoms with Gasteiger partial charge < -0.3 is 0 Å². The van der Waals surface area contributed by atoms with Crippen LogP contribution in [0.4, 0.5) is 0 Å². The molecule has 78 valence electrons. The average molecular weight is 201 g/mol. The molecule has 3 heteroatoms. The monoisotopic (exact) mass is 201 g/mol. The molecule has 0 aliphatic heterocycles. The lowest BCUT2D eigenvalue weighted by molar-refractivity contribution is 1.05. The number of hydrogen-bond acceptors (Lipinski definition) is 3. The third kappa shape index (κ3) is 4.86. The summed E-state index contributed by atoms with van der Waals surface area (Å²) in [5.41, 5.74) is 2.30. The van der Waals surface area contributed by atoms with Crippen LogP contribution in [-0.2, 0) is 0 Å². The van der Waals surface area contributed by atoms with Crippen molar-refractivity contribution in [1.82, 2.24) is 15.0 Å². The van der Waals surface area contributed by atoms with E-state index in [4.69, 9.17) is 0 Å². The molecule has 0 aromatic carbocycles. The minimum atomic E-state index is 0.822. The fraction of sp³-hybridized carbons (Fsp3) is 0.250. The van der Waals surface area contributed by atoms with Gasteiger partial charge in [0.1, 0.15) is 5.82 Å². The highest BCUT2D eigenvalue weighted by atomic mass is 14.8. The van der Waals surface area contributed by atoms with Crippen LogP contribution in [0.5, 0.6) is 0 Å². The highest BCUT2D eigenvalue weighted by molar-refractivity contribution is 5.10. The lowest BCUT2D eigenvalue weighted by atomic mass is 10.3. The molecule has 0 N–H and O–H groups in total. The van der Waals surface area contributed by atoms with Crippen molar-refractivity contribution in [1.29, 1.82) is 0 Å². The molecule has 2 heterocycles. The standard InChI is InChI=1S/C7H9N.C5H6N2/c1-6-3-4-7(2)8-5-6;1-5-6-3-2-4-7-5/h3-5H,1-2H3;2-4H,1H3. The van der Waals surface area contributed by atoms with Crippen LogP contribution in [0.25, 0.3) is 0 Å². The first-order valence-corrected chi connectivity index (χ1v) is 4.81. The van der Waals surface area contributed by atoms with E-state index in [9.17, 15) is 0 Å². The van der Waals surface area contributed by atoms with Crippen molar-refractivity contribution >= 4 is 0 Å². The summed E-state index contributed by atoms with van der Waals surface area (Å²) in [5, 5.41) is 0. The molecule has 0 atom stereocenters. The molecule has 0 aliphatic rings. The quantitative estimate of drug-likeness (QED) is 0.657. The van der Waals surface area contributed by atoms with Gasteiger partial charge in [-0.05, 0) is 38.5 Å². The molecule has 2 aromatic rings. The third-order valence-electron chi connectivity index (χ3n) is 1.75. The fourth-order valence-corrected chi connectivity index (χ4v) is 0.915. The van der Waals surface area contributed by atoms with Gasteiger partial charge in [-0.3, -0.25) is 4.98 Å². The highest BCUT2D eigenvalue weighted by Crippen LogP contribution is 1.94. The number of aromatic nitrogens is 3. The zero-order valence-corrected chi connectivity index (χ0v) is 9.31. The second-order valence-electron chi connectivity index (χ2n) is 3.27. The Kier molecular flexibility index (Phi) is 4.41. The van der Waals surface area contributed by atoms with Crippen LogP contribution >= 0.6 is 0 Å². The predicted molar refractivity (Wildman–Crippen MR) is 60.5 cm³/mol. The Morgan fingerprint density at radius 1 is 0.867 bits per heavy atom. The summed E-state index contributed by atoms with van der Waals surface area (Å²) < 4.78 is 0. The van der Waals surface area contributed by atoms with Crippen molar-refractivity contribution in [2.45, 2.75) is 20.8 Å². The Morgan fingerprint density at radius 3 is 1.87 bits per heavy atom. The summed E-state index contributed by atoms with van der Waals surface area (Å²) in [4.78, 5) is 11.8. The van der Waals surface area contributed by atoms with Gasteiger partial charge in [0.2, 0.25) is 0 Å².